The zero-order valence-electron chi connectivity index (χ0n) is 9.08. The van der Waals surface area contributed by atoms with Crippen LogP contribution in [0.4, 0.5) is 4.79 Å². The second-order valence-corrected chi connectivity index (χ2v) is 3.07. The molecule has 0 aromatic rings. The molecule has 0 saturated carbocycles. The van der Waals surface area contributed by atoms with Gasteiger partial charge < -0.3 is 15.2 Å². The van der Waals surface area contributed by atoms with Crippen LogP contribution in [-0.4, -0.2) is 30.8 Å². The van der Waals surface area contributed by atoms with E-state index < -0.39 is 12.1 Å². The number of hydrogen-bond acceptors (Lipinski definition) is 3. The highest BCUT2D eigenvalue weighted by Crippen LogP contribution is 2.01. The lowest BCUT2D eigenvalue weighted by Gasteiger charge is -2.02. The molecule has 0 aromatic heterocycles. The number of carbonyl (C=O) groups excluding carboxylic acids is 1. The Morgan fingerprint density at radius 2 is 2.07 bits per heavy atom. The number of aliphatic carboxylic acids is 1. The van der Waals surface area contributed by atoms with Gasteiger partial charge in [0.05, 0.1) is 6.61 Å². The number of carbonyl (C=O) groups is 2. The van der Waals surface area contributed by atoms with Gasteiger partial charge in [0.2, 0.25) is 0 Å². The number of hydrogen-bond donors (Lipinski definition) is 2. The molecule has 2 N–H and O–H groups in total. The van der Waals surface area contributed by atoms with Crippen LogP contribution in [0.3, 0.4) is 0 Å². The van der Waals surface area contributed by atoms with Crippen LogP contribution < -0.4 is 5.32 Å². The Morgan fingerprint density at radius 1 is 1.40 bits per heavy atom. The lowest BCUT2D eigenvalue weighted by molar-refractivity contribution is -0.132. The largest absolute Gasteiger partial charge is 0.478 e. The summed E-state index contributed by atoms with van der Waals surface area (Å²) in [5.41, 5.74) is 0.349. The third-order valence-electron chi connectivity index (χ3n) is 1.82. The topological polar surface area (TPSA) is 75.6 Å². The van der Waals surface area contributed by atoms with E-state index in [-0.39, 0.29) is 0 Å². The molecular weight excluding hydrogens is 198 g/mol. The average Bonchev–Trinajstić information content (AvgIpc) is 2.22. The van der Waals surface area contributed by atoms with Crippen molar-refractivity contribution in [1.29, 1.82) is 0 Å². The normalized spacial score (nSPS) is 10.9. The number of amides is 1. The number of unbranched alkanes of at least 4 members (excludes halogenated alkanes) is 2. The molecule has 0 spiro atoms. The summed E-state index contributed by atoms with van der Waals surface area (Å²) in [5.74, 6) is -0.892. The van der Waals surface area contributed by atoms with Gasteiger partial charge in [-0.15, -0.1) is 0 Å². The van der Waals surface area contributed by atoms with E-state index in [0.717, 1.165) is 12.8 Å². The van der Waals surface area contributed by atoms with Gasteiger partial charge in [0.1, 0.15) is 0 Å². The number of carboxylic acids is 1. The SMILES string of the molecule is CNC(=O)OCCCC/C=C(\C)C(=O)O. The molecule has 0 fully saturated rings. The molecule has 86 valence electrons. The van der Waals surface area contributed by atoms with Gasteiger partial charge >= 0.3 is 12.1 Å². The number of alkyl carbamates (subject to hydrolysis) is 1. The highest BCUT2D eigenvalue weighted by Gasteiger charge is 1.99. The second-order valence-electron chi connectivity index (χ2n) is 3.07. The van der Waals surface area contributed by atoms with Crippen LogP contribution in [0.25, 0.3) is 0 Å². The fourth-order valence-electron chi connectivity index (χ4n) is 0.889. The summed E-state index contributed by atoms with van der Waals surface area (Å²) in [6, 6.07) is 0. The van der Waals surface area contributed by atoms with Crippen LogP contribution >= 0.6 is 0 Å². The molecule has 1 amide bonds. The molecule has 15 heavy (non-hydrogen) atoms. The number of nitrogens with one attached hydrogen (secondary N) is 1. The Kier molecular flexibility index (Phi) is 7.05. The molecule has 0 aromatic carbocycles. The predicted octanol–water partition coefficient (Wildman–Crippen LogP) is 1.54. The minimum atomic E-state index is -0.892. The third-order valence-corrected chi connectivity index (χ3v) is 1.82. The molecule has 0 bridgehead atoms. The van der Waals surface area contributed by atoms with Gasteiger partial charge in [-0.3, -0.25) is 0 Å². The lowest BCUT2D eigenvalue weighted by Crippen LogP contribution is -2.19. The summed E-state index contributed by atoms with van der Waals surface area (Å²) in [5, 5.41) is 10.9. The number of allylic oxidation sites excluding steroid dienone is 1. The van der Waals surface area contributed by atoms with Crippen molar-refractivity contribution in [2.75, 3.05) is 13.7 Å². The first-order chi connectivity index (χ1) is 7.07. The Bertz CT molecular complexity index is 248. The molecule has 0 heterocycles. The summed E-state index contributed by atoms with van der Waals surface area (Å²) < 4.78 is 4.76. The molecule has 0 aliphatic carbocycles. The highest BCUT2D eigenvalue weighted by molar-refractivity contribution is 5.85. The molecular formula is C10H17NO4. The number of ether oxygens (including phenoxy) is 1. The monoisotopic (exact) mass is 215 g/mol. The maximum Gasteiger partial charge on any atom is 0.406 e. The first kappa shape index (κ1) is 13.5. The van der Waals surface area contributed by atoms with E-state index in [9.17, 15) is 9.59 Å². The summed E-state index contributed by atoms with van der Waals surface area (Å²) >= 11 is 0. The summed E-state index contributed by atoms with van der Waals surface area (Å²) in [6.45, 7) is 1.92. The molecule has 0 aliphatic rings. The zero-order chi connectivity index (χ0) is 11.7. The average molecular weight is 215 g/mol. The summed E-state index contributed by atoms with van der Waals surface area (Å²) in [7, 11) is 1.50. The lowest BCUT2D eigenvalue weighted by atomic mass is 10.2. The van der Waals surface area contributed by atoms with Gasteiger partial charge in [0.25, 0.3) is 0 Å². The van der Waals surface area contributed by atoms with Crippen molar-refractivity contribution in [1.82, 2.24) is 5.32 Å². The van der Waals surface area contributed by atoms with Crippen LogP contribution in [0.5, 0.6) is 0 Å². The van der Waals surface area contributed by atoms with Crippen molar-refractivity contribution >= 4 is 12.1 Å². The number of carboxylic acid groups (broad SMARTS) is 1. The first-order valence-electron chi connectivity index (χ1n) is 4.82. The van der Waals surface area contributed by atoms with Gasteiger partial charge in [0, 0.05) is 12.6 Å². The Hall–Kier alpha value is -1.52. The van der Waals surface area contributed by atoms with E-state index in [2.05, 4.69) is 5.32 Å². The standard InChI is InChI=1S/C10H17NO4/c1-8(9(12)13)6-4-3-5-7-15-10(14)11-2/h6H,3-5,7H2,1-2H3,(H,11,14)(H,12,13)/b8-6+. The van der Waals surface area contributed by atoms with Gasteiger partial charge in [-0.2, -0.15) is 0 Å². The van der Waals surface area contributed by atoms with E-state index in [1.54, 1.807) is 13.0 Å². The van der Waals surface area contributed by atoms with Crippen molar-refractivity contribution in [3.8, 4) is 0 Å². The zero-order valence-corrected chi connectivity index (χ0v) is 9.08. The van der Waals surface area contributed by atoms with Crippen LogP contribution in [-0.2, 0) is 9.53 Å². The van der Waals surface area contributed by atoms with Crippen molar-refractivity contribution in [2.24, 2.45) is 0 Å². The molecule has 0 aliphatic heterocycles. The van der Waals surface area contributed by atoms with Crippen molar-refractivity contribution in [2.45, 2.75) is 26.2 Å². The van der Waals surface area contributed by atoms with E-state index in [4.69, 9.17) is 9.84 Å². The van der Waals surface area contributed by atoms with Gasteiger partial charge in [0.15, 0.2) is 0 Å². The Morgan fingerprint density at radius 3 is 2.60 bits per heavy atom. The first-order valence-corrected chi connectivity index (χ1v) is 4.82. The summed E-state index contributed by atoms with van der Waals surface area (Å²) in [6.07, 6.45) is 3.46. The molecule has 0 radical (unpaired) electrons. The molecule has 0 rings (SSSR count). The van der Waals surface area contributed by atoms with E-state index in [0.29, 0.717) is 18.6 Å². The van der Waals surface area contributed by atoms with Gasteiger partial charge in [-0.05, 0) is 26.2 Å². The van der Waals surface area contributed by atoms with E-state index >= 15 is 0 Å². The van der Waals surface area contributed by atoms with Crippen molar-refractivity contribution in [3.05, 3.63) is 11.6 Å². The van der Waals surface area contributed by atoms with Crippen LogP contribution in [0.15, 0.2) is 11.6 Å². The van der Waals surface area contributed by atoms with Crippen LogP contribution in [0, 0.1) is 0 Å². The van der Waals surface area contributed by atoms with Gasteiger partial charge in [-0.1, -0.05) is 6.08 Å². The minimum absolute atomic E-state index is 0.349. The minimum Gasteiger partial charge on any atom is -0.478 e. The smallest absolute Gasteiger partial charge is 0.406 e. The quantitative estimate of drug-likeness (QED) is 0.520. The van der Waals surface area contributed by atoms with Crippen molar-refractivity contribution < 1.29 is 19.4 Å². The fourth-order valence-corrected chi connectivity index (χ4v) is 0.889. The molecule has 0 unspecified atom stereocenters. The van der Waals surface area contributed by atoms with Crippen LogP contribution in [0.1, 0.15) is 26.2 Å². The van der Waals surface area contributed by atoms with E-state index in [1.807, 2.05) is 0 Å². The van der Waals surface area contributed by atoms with Crippen LogP contribution in [0.2, 0.25) is 0 Å². The third kappa shape index (κ3) is 7.54. The molecule has 0 atom stereocenters. The maximum absolute atomic E-state index is 10.6. The fraction of sp³-hybridized carbons (Fsp3) is 0.600. The molecule has 5 nitrogen and oxygen atoms in total. The molecule has 5 heteroatoms. The Labute approximate surface area is 89.1 Å². The Balaban J connectivity index is 3.44. The second kappa shape index (κ2) is 7.84. The number of rotatable bonds is 6. The predicted molar refractivity (Wildman–Crippen MR) is 55.7 cm³/mol. The molecule has 0 saturated heterocycles. The van der Waals surface area contributed by atoms with Gasteiger partial charge in [-0.25, -0.2) is 9.59 Å². The maximum atomic E-state index is 10.6. The summed E-state index contributed by atoms with van der Waals surface area (Å²) in [4.78, 5) is 21.0. The highest BCUT2D eigenvalue weighted by atomic mass is 16.5. The van der Waals surface area contributed by atoms with Crippen molar-refractivity contribution in [3.63, 3.8) is 0 Å². The van der Waals surface area contributed by atoms with E-state index in [1.165, 1.54) is 7.05 Å².